The minimum Gasteiger partial charge on any atom is -0.384 e. The normalized spacial score (nSPS) is 22.8. The number of H-pyrrole nitrogens is 1. The summed E-state index contributed by atoms with van der Waals surface area (Å²) in [6.07, 6.45) is 4.47. The third-order valence-electron chi connectivity index (χ3n) is 6.04. The van der Waals surface area contributed by atoms with Crippen LogP contribution in [0, 0.1) is 11.3 Å². The fourth-order valence-corrected chi connectivity index (χ4v) is 4.55. The molecule has 4 rings (SSSR count). The van der Waals surface area contributed by atoms with Crippen LogP contribution in [0.1, 0.15) is 18.4 Å². The summed E-state index contributed by atoms with van der Waals surface area (Å²) in [5, 5.41) is 1.14. The third kappa shape index (κ3) is 3.07. The molecule has 0 saturated carbocycles. The van der Waals surface area contributed by atoms with Crippen LogP contribution in [0.5, 0.6) is 0 Å². The van der Waals surface area contributed by atoms with Crippen molar-refractivity contribution in [2.75, 3.05) is 40.0 Å². The van der Waals surface area contributed by atoms with Gasteiger partial charge < -0.3 is 19.4 Å². The molecule has 0 bridgehead atoms. The molecule has 1 spiro atoms. The Morgan fingerprint density at radius 2 is 2.16 bits per heavy atom. The quantitative estimate of drug-likeness (QED) is 0.929. The van der Waals surface area contributed by atoms with Crippen LogP contribution in [0.2, 0.25) is 0 Å². The molecule has 2 aliphatic rings. The highest BCUT2D eigenvalue weighted by Gasteiger charge is 2.48. The highest BCUT2D eigenvalue weighted by Crippen LogP contribution is 2.44. The number of para-hydroxylation sites is 1. The summed E-state index contributed by atoms with van der Waals surface area (Å²) in [6, 6.07) is 8.15. The molecule has 1 amide bonds. The number of nitrogens with one attached hydrogen (secondary N) is 1. The number of aromatic amines is 1. The molecule has 1 unspecified atom stereocenters. The predicted molar refractivity (Wildman–Crippen MR) is 96.4 cm³/mol. The maximum absolute atomic E-state index is 13.0. The van der Waals surface area contributed by atoms with Crippen molar-refractivity contribution in [3.05, 3.63) is 36.0 Å². The third-order valence-corrected chi connectivity index (χ3v) is 6.04. The van der Waals surface area contributed by atoms with Crippen molar-refractivity contribution in [2.45, 2.75) is 19.3 Å². The number of methoxy groups -OCH3 is 1. The van der Waals surface area contributed by atoms with Gasteiger partial charge in [-0.05, 0) is 29.9 Å². The summed E-state index contributed by atoms with van der Waals surface area (Å²) in [4.78, 5) is 18.3. The number of ether oxygens (including phenoxy) is 2. The van der Waals surface area contributed by atoms with E-state index in [9.17, 15) is 4.79 Å². The van der Waals surface area contributed by atoms with Crippen molar-refractivity contribution in [1.82, 2.24) is 9.88 Å². The van der Waals surface area contributed by atoms with Gasteiger partial charge in [0.25, 0.3) is 0 Å². The van der Waals surface area contributed by atoms with Crippen molar-refractivity contribution >= 4 is 16.8 Å². The Balaban J connectivity index is 1.50. The van der Waals surface area contributed by atoms with Crippen molar-refractivity contribution in [2.24, 2.45) is 11.3 Å². The highest BCUT2D eigenvalue weighted by molar-refractivity contribution is 5.89. The van der Waals surface area contributed by atoms with E-state index < -0.39 is 0 Å². The smallest absolute Gasteiger partial charge is 0.227 e. The maximum atomic E-state index is 13.0. The first-order chi connectivity index (χ1) is 12.2. The Labute approximate surface area is 148 Å². The number of nitrogens with zero attached hydrogens (tertiary/aromatic N) is 1. The SMILES string of the molecule is COCC1CN(C(=O)Cc2c[nH]c3ccccc23)CC12CCOCC2. The van der Waals surface area contributed by atoms with Crippen LogP contribution in [-0.2, 0) is 20.7 Å². The lowest BCUT2D eigenvalue weighted by Gasteiger charge is -2.37. The van der Waals surface area contributed by atoms with Gasteiger partial charge in [0.15, 0.2) is 0 Å². The van der Waals surface area contributed by atoms with E-state index in [2.05, 4.69) is 16.0 Å². The van der Waals surface area contributed by atoms with Crippen molar-refractivity contribution in [1.29, 1.82) is 0 Å². The van der Waals surface area contributed by atoms with E-state index in [0.29, 0.717) is 12.3 Å². The fraction of sp³-hybridized carbons (Fsp3) is 0.550. The topological polar surface area (TPSA) is 54.6 Å². The monoisotopic (exact) mass is 342 g/mol. The van der Waals surface area contributed by atoms with E-state index in [1.165, 1.54) is 0 Å². The van der Waals surface area contributed by atoms with Gasteiger partial charge in [0, 0.05) is 56.4 Å². The zero-order valence-electron chi connectivity index (χ0n) is 14.8. The number of carbonyl (C=O) groups is 1. The minimum atomic E-state index is 0.171. The average molecular weight is 342 g/mol. The van der Waals surface area contributed by atoms with E-state index in [4.69, 9.17) is 9.47 Å². The van der Waals surface area contributed by atoms with Gasteiger partial charge in [0.2, 0.25) is 5.91 Å². The van der Waals surface area contributed by atoms with Gasteiger partial charge in [0.05, 0.1) is 13.0 Å². The number of carbonyl (C=O) groups excluding carboxylic acids is 1. The fourth-order valence-electron chi connectivity index (χ4n) is 4.55. The number of benzene rings is 1. The summed E-state index contributed by atoms with van der Waals surface area (Å²) < 4.78 is 11.0. The van der Waals surface area contributed by atoms with Crippen LogP contribution >= 0.6 is 0 Å². The lowest BCUT2D eigenvalue weighted by atomic mass is 9.72. The molecule has 25 heavy (non-hydrogen) atoms. The average Bonchev–Trinajstić information content (AvgIpc) is 3.19. The predicted octanol–water partition coefficient (Wildman–Crippen LogP) is 2.61. The van der Waals surface area contributed by atoms with Crippen molar-refractivity contribution < 1.29 is 14.3 Å². The maximum Gasteiger partial charge on any atom is 0.227 e. The number of fused-ring (bicyclic) bond motifs is 1. The molecular weight excluding hydrogens is 316 g/mol. The number of rotatable bonds is 4. The second kappa shape index (κ2) is 6.81. The van der Waals surface area contributed by atoms with Crippen LogP contribution in [-0.4, -0.2) is 55.8 Å². The van der Waals surface area contributed by atoms with Gasteiger partial charge in [-0.2, -0.15) is 0 Å². The van der Waals surface area contributed by atoms with E-state index >= 15 is 0 Å². The van der Waals surface area contributed by atoms with Gasteiger partial charge in [-0.15, -0.1) is 0 Å². The molecule has 5 heteroatoms. The van der Waals surface area contributed by atoms with Crippen LogP contribution in [0.25, 0.3) is 10.9 Å². The van der Waals surface area contributed by atoms with Gasteiger partial charge in [-0.3, -0.25) is 4.79 Å². The first-order valence-corrected chi connectivity index (χ1v) is 9.11. The Morgan fingerprint density at radius 1 is 1.36 bits per heavy atom. The van der Waals surface area contributed by atoms with Crippen molar-refractivity contribution in [3.8, 4) is 0 Å². The van der Waals surface area contributed by atoms with Gasteiger partial charge in [-0.25, -0.2) is 0 Å². The number of hydrogen-bond donors (Lipinski definition) is 1. The molecule has 1 N–H and O–H groups in total. The molecule has 5 nitrogen and oxygen atoms in total. The molecule has 3 heterocycles. The zero-order valence-corrected chi connectivity index (χ0v) is 14.8. The number of amides is 1. The molecule has 2 aromatic rings. The van der Waals surface area contributed by atoms with Crippen LogP contribution in [0.15, 0.2) is 30.5 Å². The van der Waals surface area contributed by atoms with E-state index in [1.54, 1.807) is 7.11 Å². The van der Waals surface area contributed by atoms with Crippen LogP contribution in [0.4, 0.5) is 0 Å². The first kappa shape index (κ1) is 16.6. The first-order valence-electron chi connectivity index (χ1n) is 9.11. The van der Waals surface area contributed by atoms with Crippen LogP contribution < -0.4 is 0 Å². The molecule has 2 fully saturated rings. The van der Waals surface area contributed by atoms with Gasteiger partial charge in [0.1, 0.15) is 0 Å². The molecule has 134 valence electrons. The van der Waals surface area contributed by atoms with Crippen molar-refractivity contribution in [3.63, 3.8) is 0 Å². The standard InChI is InChI=1S/C20H26N2O3/c1-24-13-16-12-22(14-20(16)6-8-25-9-7-20)19(23)10-15-11-21-18-5-3-2-4-17(15)18/h2-5,11,16,21H,6-10,12-14H2,1H3. The molecule has 0 aliphatic carbocycles. The van der Waals surface area contributed by atoms with E-state index in [-0.39, 0.29) is 11.3 Å². The molecule has 1 aromatic carbocycles. The number of hydrogen-bond acceptors (Lipinski definition) is 3. The zero-order chi connectivity index (χ0) is 17.3. The lowest BCUT2D eigenvalue weighted by Crippen LogP contribution is -2.39. The molecular formula is C20H26N2O3. The molecule has 1 atom stereocenters. The molecule has 1 aromatic heterocycles. The van der Waals surface area contributed by atoms with E-state index in [1.807, 2.05) is 24.4 Å². The number of aromatic nitrogens is 1. The Kier molecular flexibility index (Phi) is 4.52. The Morgan fingerprint density at radius 3 is 2.96 bits per heavy atom. The molecule has 2 saturated heterocycles. The summed E-state index contributed by atoms with van der Waals surface area (Å²) in [6.45, 7) is 3.95. The minimum absolute atomic E-state index is 0.171. The molecule has 2 aliphatic heterocycles. The largest absolute Gasteiger partial charge is 0.384 e. The highest BCUT2D eigenvalue weighted by atomic mass is 16.5. The Hall–Kier alpha value is -1.85. The van der Waals surface area contributed by atoms with E-state index in [0.717, 1.165) is 62.2 Å². The van der Waals surface area contributed by atoms with Crippen LogP contribution in [0.3, 0.4) is 0 Å². The summed E-state index contributed by atoms with van der Waals surface area (Å²) in [5.74, 6) is 0.627. The summed E-state index contributed by atoms with van der Waals surface area (Å²) >= 11 is 0. The number of likely N-dealkylation sites (tertiary alicyclic amines) is 1. The summed E-state index contributed by atoms with van der Waals surface area (Å²) in [7, 11) is 1.75. The van der Waals surface area contributed by atoms with Gasteiger partial charge >= 0.3 is 0 Å². The Bertz CT molecular complexity index is 748. The second-order valence-electron chi connectivity index (χ2n) is 7.44. The second-order valence-corrected chi connectivity index (χ2v) is 7.44. The lowest BCUT2D eigenvalue weighted by molar-refractivity contribution is -0.130. The summed E-state index contributed by atoms with van der Waals surface area (Å²) in [5.41, 5.74) is 2.34. The molecule has 0 radical (unpaired) electrons. The van der Waals surface area contributed by atoms with Gasteiger partial charge in [-0.1, -0.05) is 18.2 Å².